The number of carbonyl (C=O) groups is 1. The average molecular weight is 340 g/mol. The molecule has 3 nitrogen and oxygen atoms in total. The molecule has 2 aromatic rings. The highest BCUT2D eigenvalue weighted by atomic mass is 79.9. The van der Waals surface area contributed by atoms with Crippen molar-refractivity contribution in [3.05, 3.63) is 63.1 Å². The van der Waals surface area contributed by atoms with Crippen LogP contribution in [0.1, 0.15) is 15.9 Å². The van der Waals surface area contributed by atoms with E-state index in [4.69, 9.17) is 17.3 Å². The van der Waals surface area contributed by atoms with Gasteiger partial charge in [0, 0.05) is 21.7 Å². The van der Waals surface area contributed by atoms with Crippen LogP contribution in [0.5, 0.6) is 0 Å². The van der Waals surface area contributed by atoms with Crippen molar-refractivity contribution in [1.82, 2.24) is 5.32 Å². The van der Waals surface area contributed by atoms with E-state index in [1.54, 1.807) is 24.3 Å². The maximum atomic E-state index is 12.0. The number of nitrogens with two attached hydrogens (primary N) is 1. The Hall–Kier alpha value is -1.52. The summed E-state index contributed by atoms with van der Waals surface area (Å²) in [7, 11) is 0. The van der Waals surface area contributed by atoms with Gasteiger partial charge in [0.05, 0.1) is 5.56 Å². The fourth-order valence-corrected chi connectivity index (χ4v) is 2.25. The van der Waals surface area contributed by atoms with Crippen molar-refractivity contribution in [2.24, 2.45) is 0 Å². The van der Waals surface area contributed by atoms with Gasteiger partial charge in [-0.05, 0) is 51.8 Å². The first-order valence-electron chi connectivity index (χ1n) is 5.64. The highest BCUT2D eigenvalue weighted by Gasteiger charge is 2.10. The third-order valence-corrected chi connectivity index (χ3v) is 3.50. The molecule has 0 bridgehead atoms. The van der Waals surface area contributed by atoms with Crippen molar-refractivity contribution in [2.75, 3.05) is 5.73 Å². The molecular formula is C14H12BrClN2O. The third-order valence-electron chi connectivity index (χ3n) is 2.58. The Balaban J connectivity index is 2.07. The van der Waals surface area contributed by atoms with E-state index in [1.807, 2.05) is 18.2 Å². The zero-order valence-corrected chi connectivity index (χ0v) is 12.3. The van der Waals surface area contributed by atoms with E-state index in [9.17, 15) is 4.79 Å². The van der Waals surface area contributed by atoms with E-state index < -0.39 is 0 Å². The number of anilines is 1. The van der Waals surface area contributed by atoms with Gasteiger partial charge in [-0.1, -0.05) is 23.7 Å². The van der Waals surface area contributed by atoms with E-state index in [0.29, 0.717) is 27.3 Å². The van der Waals surface area contributed by atoms with Crippen molar-refractivity contribution in [2.45, 2.75) is 6.54 Å². The monoisotopic (exact) mass is 338 g/mol. The summed E-state index contributed by atoms with van der Waals surface area (Å²) < 4.78 is 0.710. The number of halogens is 2. The van der Waals surface area contributed by atoms with E-state index in [-0.39, 0.29) is 5.91 Å². The zero-order valence-electron chi connectivity index (χ0n) is 9.99. The fraction of sp³-hybridized carbons (Fsp3) is 0.0714. The average Bonchev–Trinajstić information content (AvgIpc) is 2.39. The molecule has 0 aliphatic carbocycles. The van der Waals surface area contributed by atoms with Crippen LogP contribution in [-0.2, 0) is 6.54 Å². The van der Waals surface area contributed by atoms with Crippen molar-refractivity contribution in [3.8, 4) is 0 Å². The van der Waals surface area contributed by atoms with Crippen LogP contribution in [0.15, 0.2) is 46.9 Å². The molecule has 19 heavy (non-hydrogen) atoms. The van der Waals surface area contributed by atoms with Crippen LogP contribution in [0.3, 0.4) is 0 Å². The molecule has 0 aliphatic rings. The number of hydrogen-bond donors (Lipinski definition) is 2. The van der Waals surface area contributed by atoms with Crippen LogP contribution in [0.4, 0.5) is 5.69 Å². The summed E-state index contributed by atoms with van der Waals surface area (Å²) in [6.07, 6.45) is 0. The summed E-state index contributed by atoms with van der Waals surface area (Å²) in [5.74, 6) is -0.184. The molecule has 1 amide bonds. The van der Waals surface area contributed by atoms with Gasteiger partial charge >= 0.3 is 0 Å². The number of amides is 1. The van der Waals surface area contributed by atoms with Crippen LogP contribution >= 0.6 is 27.5 Å². The van der Waals surface area contributed by atoms with Crippen molar-refractivity contribution >= 4 is 39.1 Å². The molecule has 0 unspecified atom stereocenters. The van der Waals surface area contributed by atoms with Crippen molar-refractivity contribution < 1.29 is 4.79 Å². The summed E-state index contributed by atoms with van der Waals surface area (Å²) in [5.41, 5.74) is 7.82. The highest BCUT2D eigenvalue weighted by Crippen LogP contribution is 2.21. The number of carbonyl (C=O) groups excluding carboxylic acids is 1. The number of benzene rings is 2. The Kier molecular flexibility index (Phi) is 4.45. The Morgan fingerprint density at radius 1 is 1.26 bits per heavy atom. The second-order valence-electron chi connectivity index (χ2n) is 4.05. The predicted octanol–water partition coefficient (Wildman–Crippen LogP) is 3.61. The molecule has 3 N–H and O–H groups in total. The lowest BCUT2D eigenvalue weighted by molar-refractivity contribution is 0.0950. The standard InChI is InChI=1S/C14H12BrClN2O/c15-13-5-4-10(16)7-12(13)14(19)18-8-9-2-1-3-11(17)6-9/h1-7H,8,17H2,(H,18,19). The predicted molar refractivity (Wildman–Crippen MR) is 81.2 cm³/mol. The van der Waals surface area contributed by atoms with E-state index in [2.05, 4.69) is 21.2 Å². The summed E-state index contributed by atoms with van der Waals surface area (Å²) in [4.78, 5) is 12.0. The summed E-state index contributed by atoms with van der Waals surface area (Å²) >= 11 is 9.21. The van der Waals surface area contributed by atoms with E-state index in [1.165, 1.54) is 0 Å². The van der Waals surface area contributed by atoms with Crippen LogP contribution in [-0.4, -0.2) is 5.91 Å². The second kappa shape index (κ2) is 6.08. The third kappa shape index (κ3) is 3.72. The van der Waals surface area contributed by atoms with Crippen molar-refractivity contribution in [1.29, 1.82) is 0 Å². The molecule has 0 fully saturated rings. The minimum absolute atomic E-state index is 0.184. The first-order chi connectivity index (χ1) is 9.06. The lowest BCUT2D eigenvalue weighted by Crippen LogP contribution is -2.23. The van der Waals surface area contributed by atoms with Gasteiger partial charge in [-0.3, -0.25) is 4.79 Å². The molecule has 0 spiro atoms. The highest BCUT2D eigenvalue weighted by molar-refractivity contribution is 9.10. The van der Waals surface area contributed by atoms with Crippen LogP contribution in [0, 0.1) is 0 Å². The lowest BCUT2D eigenvalue weighted by Gasteiger charge is -2.08. The Morgan fingerprint density at radius 2 is 2.05 bits per heavy atom. The maximum Gasteiger partial charge on any atom is 0.252 e. The lowest BCUT2D eigenvalue weighted by atomic mass is 10.2. The molecule has 0 heterocycles. The smallest absolute Gasteiger partial charge is 0.252 e. The minimum atomic E-state index is -0.184. The quantitative estimate of drug-likeness (QED) is 0.839. The normalized spacial score (nSPS) is 10.2. The van der Waals surface area contributed by atoms with Crippen LogP contribution in [0.25, 0.3) is 0 Å². The Bertz CT molecular complexity index is 616. The number of rotatable bonds is 3. The van der Waals surface area contributed by atoms with E-state index >= 15 is 0 Å². The minimum Gasteiger partial charge on any atom is -0.399 e. The molecule has 0 aromatic heterocycles. The largest absolute Gasteiger partial charge is 0.399 e. The van der Waals surface area contributed by atoms with Crippen LogP contribution in [0.2, 0.25) is 5.02 Å². The number of nitrogen functional groups attached to an aromatic ring is 1. The molecule has 5 heteroatoms. The summed E-state index contributed by atoms with van der Waals surface area (Å²) in [5, 5.41) is 3.35. The number of nitrogens with one attached hydrogen (secondary N) is 1. The maximum absolute atomic E-state index is 12.0. The SMILES string of the molecule is Nc1cccc(CNC(=O)c2cc(Cl)ccc2Br)c1. The molecule has 0 atom stereocenters. The first kappa shape index (κ1) is 13.9. The second-order valence-corrected chi connectivity index (χ2v) is 5.34. The first-order valence-corrected chi connectivity index (χ1v) is 6.81. The van der Waals surface area contributed by atoms with E-state index in [0.717, 1.165) is 5.56 Å². The molecule has 2 aromatic carbocycles. The van der Waals surface area contributed by atoms with Gasteiger partial charge in [0.15, 0.2) is 0 Å². The zero-order chi connectivity index (χ0) is 13.8. The van der Waals surface area contributed by atoms with Gasteiger partial charge < -0.3 is 11.1 Å². The van der Waals surface area contributed by atoms with Gasteiger partial charge in [-0.15, -0.1) is 0 Å². The fourth-order valence-electron chi connectivity index (χ4n) is 1.65. The van der Waals surface area contributed by atoms with Gasteiger partial charge in [0.1, 0.15) is 0 Å². The molecule has 0 aliphatic heterocycles. The molecule has 0 saturated carbocycles. The van der Waals surface area contributed by atoms with Crippen molar-refractivity contribution in [3.63, 3.8) is 0 Å². The Morgan fingerprint density at radius 3 is 2.79 bits per heavy atom. The van der Waals surface area contributed by atoms with Crippen LogP contribution < -0.4 is 11.1 Å². The number of hydrogen-bond acceptors (Lipinski definition) is 2. The molecule has 0 saturated heterocycles. The Labute approximate surface area is 124 Å². The summed E-state index contributed by atoms with van der Waals surface area (Å²) in [6.45, 7) is 0.419. The topological polar surface area (TPSA) is 55.1 Å². The molecule has 98 valence electrons. The molecule has 0 radical (unpaired) electrons. The van der Waals surface area contributed by atoms with Gasteiger partial charge in [0.25, 0.3) is 5.91 Å². The molecular weight excluding hydrogens is 328 g/mol. The van der Waals surface area contributed by atoms with Gasteiger partial charge in [-0.2, -0.15) is 0 Å². The van der Waals surface area contributed by atoms with Gasteiger partial charge in [0.2, 0.25) is 0 Å². The van der Waals surface area contributed by atoms with Gasteiger partial charge in [-0.25, -0.2) is 0 Å². The summed E-state index contributed by atoms with van der Waals surface area (Å²) in [6, 6.07) is 12.5. The molecule has 2 rings (SSSR count).